The van der Waals surface area contributed by atoms with E-state index in [0.29, 0.717) is 24.4 Å². The lowest BCUT2D eigenvalue weighted by atomic mass is 10.0. The second kappa shape index (κ2) is 9.53. The van der Waals surface area contributed by atoms with Crippen molar-refractivity contribution in [3.63, 3.8) is 0 Å². The average Bonchev–Trinajstić information content (AvgIpc) is 3.02. The van der Waals surface area contributed by atoms with Gasteiger partial charge in [0.25, 0.3) is 0 Å². The lowest BCUT2D eigenvalue weighted by Crippen LogP contribution is -2.16. The average molecular weight is 340 g/mol. The third kappa shape index (κ3) is 6.20. The highest BCUT2D eigenvalue weighted by atomic mass is 35.5. The summed E-state index contributed by atoms with van der Waals surface area (Å²) < 4.78 is 0. The number of rotatable bonds is 6. The van der Waals surface area contributed by atoms with Crippen molar-refractivity contribution in [2.75, 3.05) is 23.7 Å². The molecule has 1 heterocycles. The van der Waals surface area contributed by atoms with Gasteiger partial charge in [-0.2, -0.15) is 0 Å². The Morgan fingerprint density at radius 1 is 1.26 bits per heavy atom. The van der Waals surface area contributed by atoms with Crippen LogP contribution in [0.2, 0.25) is 0 Å². The van der Waals surface area contributed by atoms with Crippen LogP contribution in [0.3, 0.4) is 0 Å². The molecular formula is C17H26ClN3O2. The minimum Gasteiger partial charge on any atom is -0.326 e. The van der Waals surface area contributed by atoms with Crippen molar-refractivity contribution in [2.45, 2.75) is 39.5 Å². The van der Waals surface area contributed by atoms with E-state index >= 15 is 0 Å². The summed E-state index contributed by atoms with van der Waals surface area (Å²) in [6.45, 7) is 5.83. The van der Waals surface area contributed by atoms with Crippen LogP contribution >= 0.6 is 12.4 Å². The van der Waals surface area contributed by atoms with Crippen LogP contribution in [0, 0.1) is 12.8 Å². The van der Waals surface area contributed by atoms with Crippen molar-refractivity contribution in [1.29, 1.82) is 0 Å². The van der Waals surface area contributed by atoms with Gasteiger partial charge in [-0.05, 0) is 56.5 Å². The van der Waals surface area contributed by atoms with Gasteiger partial charge in [-0.15, -0.1) is 12.4 Å². The van der Waals surface area contributed by atoms with Crippen LogP contribution in [0.1, 0.15) is 38.2 Å². The van der Waals surface area contributed by atoms with Gasteiger partial charge in [-0.3, -0.25) is 9.59 Å². The van der Waals surface area contributed by atoms with E-state index in [1.165, 1.54) is 0 Å². The zero-order valence-electron chi connectivity index (χ0n) is 13.8. The van der Waals surface area contributed by atoms with E-state index in [4.69, 9.17) is 0 Å². The molecule has 1 atom stereocenters. The predicted molar refractivity (Wildman–Crippen MR) is 96.2 cm³/mol. The molecule has 0 aliphatic carbocycles. The predicted octanol–water partition coefficient (Wildman–Crippen LogP) is 3.09. The van der Waals surface area contributed by atoms with Gasteiger partial charge in [0.05, 0.1) is 0 Å². The van der Waals surface area contributed by atoms with Crippen LogP contribution in [0.4, 0.5) is 11.4 Å². The molecule has 1 aromatic rings. The summed E-state index contributed by atoms with van der Waals surface area (Å²) in [6, 6.07) is 5.57. The summed E-state index contributed by atoms with van der Waals surface area (Å²) >= 11 is 0. The number of hydrogen-bond acceptors (Lipinski definition) is 3. The molecule has 1 unspecified atom stereocenters. The monoisotopic (exact) mass is 339 g/mol. The summed E-state index contributed by atoms with van der Waals surface area (Å²) in [5.41, 5.74) is 2.47. The van der Waals surface area contributed by atoms with E-state index in [9.17, 15) is 9.59 Å². The topological polar surface area (TPSA) is 70.2 Å². The van der Waals surface area contributed by atoms with Gasteiger partial charge in [0.2, 0.25) is 11.8 Å². The summed E-state index contributed by atoms with van der Waals surface area (Å²) in [4.78, 5) is 23.5. The molecule has 0 saturated carbocycles. The first-order chi connectivity index (χ1) is 10.6. The van der Waals surface area contributed by atoms with Crippen molar-refractivity contribution in [3.8, 4) is 0 Å². The number of nitrogens with one attached hydrogen (secondary N) is 3. The van der Waals surface area contributed by atoms with Crippen LogP contribution in [-0.4, -0.2) is 24.9 Å². The van der Waals surface area contributed by atoms with Crippen LogP contribution < -0.4 is 16.0 Å². The van der Waals surface area contributed by atoms with Crippen molar-refractivity contribution in [1.82, 2.24) is 5.32 Å². The molecule has 0 radical (unpaired) electrons. The molecule has 1 fully saturated rings. The molecule has 0 spiro atoms. The third-order valence-electron chi connectivity index (χ3n) is 4.06. The number of carbonyl (C=O) groups is 2. The molecule has 1 saturated heterocycles. The van der Waals surface area contributed by atoms with Gasteiger partial charge >= 0.3 is 0 Å². The lowest BCUT2D eigenvalue weighted by molar-refractivity contribution is -0.117. The Labute approximate surface area is 144 Å². The largest absolute Gasteiger partial charge is 0.326 e. The normalized spacial score (nSPS) is 16.5. The molecule has 1 aliphatic rings. The fourth-order valence-electron chi connectivity index (χ4n) is 2.59. The fourth-order valence-corrected chi connectivity index (χ4v) is 2.59. The Hall–Kier alpha value is -1.59. The van der Waals surface area contributed by atoms with E-state index in [1.54, 1.807) is 0 Å². The third-order valence-corrected chi connectivity index (χ3v) is 4.06. The summed E-state index contributed by atoms with van der Waals surface area (Å²) in [5, 5.41) is 9.08. The first-order valence-corrected chi connectivity index (χ1v) is 7.99. The van der Waals surface area contributed by atoms with E-state index in [2.05, 4.69) is 16.0 Å². The molecule has 3 N–H and O–H groups in total. The van der Waals surface area contributed by atoms with Crippen LogP contribution in [-0.2, 0) is 9.59 Å². The molecule has 2 rings (SSSR count). The second-order valence-electron chi connectivity index (χ2n) is 5.88. The Balaban J connectivity index is 0.00000264. The molecule has 0 bridgehead atoms. The first-order valence-electron chi connectivity index (χ1n) is 7.99. The van der Waals surface area contributed by atoms with Crippen LogP contribution in [0.5, 0.6) is 0 Å². The molecule has 23 heavy (non-hydrogen) atoms. The highest BCUT2D eigenvalue weighted by Gasteiger charge is 2.16. The summed E-state index contributed by atoms with van der Waals surface area (Å²) in [7, 11) is 0. The molecular weight excluding hydrogens is 314 g/mol. The van der Waals surface area contributed by atoms with Crippen molar-refractivity contribution < 1.29 is 9.59 Å². The van der Waals surface area contributed by atoms with Gasteiger partial charge in [0.15, 0.2) is 0 Å². The molecule has 2 amide bonds. The number of hydrogen-bond donors (Lipinski definition) is 3. The molecule has 0 aromatic heterocycles. The van der Waals surface area contributed by atoms with Gasteiger partial charge in [0.1, 0.15) is 0 Å². The Morgan fingerprint density at radius 2 is 2.04 bits per heavy atom. The molecule has 128 valence electrons. The van der Waals surface area contributed by atoms with Gasteiger partial charge in [-0.1, -0.05) is 13.0 Å². The Morgan fingerprint density at radius 3 is 2.70 bits per heavy atom. The van der Waals surface area contributed by atoms with Crippen LogP contribution in [0.15, 0.2) is 18.2 Å². The zero-order chi connectivity index (χ0) is 15.9. The van der Waals surface area contributed by atoms with Crippen molar-refractivity contribution in [3.05, 3.63) is 23.8 Å². The number of carbonyl (C=O) groups excluding carboxylic acids is 2. The smallest absolute Gasteiger partial charge is 0.224 e. The standard InChI is InChI=1S/C17H25N3O2.ClH/c1-3-16(21)19-14-6-4-12(2)15(10-14)20-17(22)7-5-13-8-9-18-11-13;/h4,6,10,13,18H,3,5,7-9,11H2,1-2H3,(H,19,21)(H,20,22);1H. The quantitative estimate of drug-likeness (QED) is 0.746. The highest BCUT2D eigenvalue weighted by molar-refractivity contribution is 5.94. The van der Waals surface area contributed by atoms with Gasteiger partial charge < -0.3 is 16.0 Å². The van der Waals surface area contributed by atoms with E-state index < -0.39 is 0 Å². The maximum Gasteiger partial charge on any atom is 0.224 e. The number of amides is 2. The van der Waals surface area contributed by atoms with Crippen molar-refractivity contribution >= 4 is 35.6 Å². The van der Waals surface area contributed by atoms with Crippen LogP contribution in [0.25, 0.3) is 0 Å². The molecule has 6 heteroatoms. The Kier molecular flexibility index (Phi) is 8.06. The Bertz CT molecular complexity index is 543. The van der Waals surface area contributed by atoms with Crippen molar-refractivity contribution in [2.24, 2.45) is 5.92 Å². The molecule has 1 aromatic carbocycles. The second-order valence-corrected chi connectivity index (χ2v) is 5.88. The summed E-state index contributed by atoms with van der Waals surface area (Å²) in [6.07, 6.45) is 3.05. The van der Waals surface area contributed by atoms with Gasteiger partial charge in [-0.25, -0.2) is 0 Å². The zero-order valence-corrected chi connectivity index (χ0v) is 14.6. The minimum atomic E-state index is -0.0325. The number of aryl methyl sites for hydroxylation is 1. The lowest BCUT2D eigenvalue weighted by Gasteiger charge is -2.12. The first kappa shape index (κ1) is 19.5. The van der Waals surface area contributed by atoms with E-state index in [-0.39, 0.29) is 24.2 Å². The minimum absolute atomic E-state index is 0. The highest BCUT2D eigenvalue weighted by Crippen LogP contribution is 2.21. The number of halogens is 1. The van der Waals surface area contributed by atoms with E-state index in [1.807, 2.05) is 32.0 Å². The summed E-state index contributed by atoms with van der Waals surface area (Å²) in [5.74, 6) is 0.617. The maximum absolute atomic E-state index is 12.1. The molecule has 1 aliphatic heterocycles. The number of anilines is 2. The van der Waals surface area contributed by atoms with Gasteiger partial charge in [0, 0.05) is 24.2 Å². The van der Waals surface area contributed by atoms with E-state index in [0.717, 1.165) is 37.2 Å². The maximum atomic E-state index is 12.1. The number of benzene rings is 1. The fraction of sp³-hybridized carbons (Fsp3) is 0.529. The molecule has 5 nitrogen and oxygen atoms in total. The SMILES string of the molecule is CCC(=O)Nc1ccc(C)c(NC(=O)CCC2CCNC2)c1.Cl.